The van der Waals surface area contributed by atoms with Crippen molar-refractivity contribution in [1.29, 1.82) is 0 Å². The van der Waals surface area contributed by atoms with Crippen molar-refractivity contribution in [3.8, 4) is 5.75 Å². The Hall–Kier alpha value is -1.46. The van der Waals surface area contributed by atoms with Gasteiger partial charge in [-0.3, -0.25) is 0 Å². The van der Waals surface area contributed by atoms with Crippen molar-refractivity contribution in [2.45, 2.75) is 13.2 Å². The van der Waals surface area contributed by atoms with Gasteiger partial charge in [0.2, 0.25) is 0 Å². The molecule has 0 amide bonds. The number of nitrogens with two attached hydrogens (primary N) is 1. The van der Waals surface area contributed by atoms with E-state index in [2.05, 4.69) is 0 Å². The second-order valence-electron chi connectivity index (χ2n) is 3.44. The van der Waals surface area contributed by atoms with Crippen LogP contribution in [0.5, 0.6) is 5.75 Å². The third-order valence-electron chi connectivity index (χ3n) is 2.19. The molecule has 0 atom stereocenters. The van der Waals surface area contributed by atoms with Crippen LogP contribution in [0.3, 0.4) is 0 Å². The van der Waals surface area contributed by atoms with Crippen molar-refractivity contribution in [3.63, 3.8) is 0 Å². The average molecular weight is 255 g/mol. The van der Waals surface area contributed by atoms with Crippen LogP contribution >= 0.6 is 11.3 Å². The van der Waals surface area contributed by atoms with Crippen molar-refractivity contribution in [2.24, 2.45) is 5.73 Å². The van der Waals surface area contributed by atoms with Crippen molar-refractivity contribution in [3.05, 3.63) is 51.7 Å². The minimum Gasteiger partial charge on any atom is -0.488 e. The van der Waals surface area contributed by atoms with Crippen LogP contribution in [0.15, 0.2) is 30.3 Å². The second kappa shape index (κ2) is 5.25. The van der Waals surface area contributed by atoms with Crippen LogP contribution in [0, 0.1) is 11.6 Å². The zero-order chi connectivity index (χ0) is 12.3. The van der Waals surface area contributed by atoms with E-state index in [0.29, 0.717) is 18.9 Å². The van der Waals surface area contributed by atoms with Gasteiger partial charge in [0.1, 0.15) is 12.4 Å². The normalized spacial score (nSPS) is 10.5. The van der Waals surface area contributed by atoms with E-state index in [9.17, 15) is 8.78 Å². The highest BCUT2D eigenvalue weighted by molar-refractivity contribution is 7.11. The summed E-state index contributed by atoms with van der Waals surface area (Å²) in [5.41, 5.74) is 5.49. The van der Waals surface area contributed by atoms with Crippen molar-refractivity contribution < 1.29 is 13.5 Å². The number of benzene rings is 1. The summed E-state index contributed by atoms with van der Waals surface area (Å²) in [4.78, 5) is 2.06. The lowest BCUT2D eigenvalue weighted by Gasteiger charge is -2.04. The molecule has 1 heterocycles. The summed E-state index contributed by atoms with van der Waals surface area (Å²) in [7, 11) is 0. The van der Waals surface area contributed by atoms with Gasteiger partial charge >= 0.3 is 0 Å². The van der Waals surface area contributed by atoms with Crippen LogP contribution in [0.4, 0.5) is 8.78 Å². The van der Waals surface area contributed by atoms with E-state index < -0.39 is 11.6 Å². The van der Waals surface area contributed by atoms with Crippen LogP contribution in [0.2, 0.25) is 0 Å². The summed E-state index contributed by atoms with van der Waals surface area (Å²) in [5, 5.41) is 0. The molecule has 2 nitrogen and oxygen atoms in total. The molecule has 0 fully saturated rings. The molecule has 90 valence electrons. The maximum Gasteiger partial charge on any atom is 0.162 e. The quantitative estimate of drug-likeness (QED) is 0.911. The minimum atomic E-state index is -0.906. The van der Waals surface area contributed by atoms with E-state index in [4.69, 9.17) is 10.5 Å². The summed E-state index contributed by atoms with van der Waals surface area (Å²) < 4.78 is 30.9. The van der Waals surface area contributed by atoms with Gasteiger partial charge in [0.05, 0.1) is 0 Å². The fraction of sp³-hybridized carbons (Fsp3) is 0.167. The highest BCUT2D eigenvalue weighted by Crippen LogP contribution is 2.20. The third kappa shape index (κ3) is 3.01. The zero-order valence-electron chi connectivity index (χ0n) is 8.95. The van der Waals surface area contributed by atoms with E-state index >= 15 is 0 Å². The van der Waals surface area contributed by atoms with Gasteiger partial charge in [-0.15, -0.1) is 11.3 Å². The Bertz CT molecular complexity index is 513. The molecule has 0 aliphatic heterocycles. The predicted molar refractivity (Wildman–Crippen MR) is 62.9 cm³/mol. The lowest BCUT2D eigenvalue weighted by Crippen LogP contribution is -1.94. The van der Waals surface area contributed by atoms with Gasteiger partial charge in [-0.25, -0.2) is 8.78 Å². The molecule has 17 heavy (non-hydrogen) atoms. The first kappa shape index (κ1) is 12.0. The van der Waals surface area contributed by atoms with E-state index in [1.807, 2.05) is 12.1 Å². The van der Waals surface area contributed by atoms with Gasteiger partial charge in [0, 0.05) is 22.4 Å². The van der Waals surface area contributed by atoms with Crippen LogP contribution in [-0.2, 0) is 13.2 Å². The fourth-order valence-electron chi connectivity index (χ4n) is 1.33. The van der Waals surface area contributed by atoms with Gasteiger partial charge in [-0.1, -0.05) is 0 Å². The topological polar surface area (TPSA) is 35.2 Å². The lowest BCUT2D eigenvalue weighted by atomic mass is 10.3. The van der Waals surface area contributed by atoms with Crippen molar-refractivity contribution in [1.82, 2.24) is 0 Å². The molecular weight excluding hydrogens is 244 g/mol. The van der Waals surface area contributed by atoms with Gasteiger partial charge in [-0.2, -0.15) is 0 Å². The summed E-state index contributed by atoms with van der Waals surface area (Å²) in [6.07, 6.45) is 0. The molecule has 0 spiro atoms. The van der Waals surface area contributed by atoms with E-state index in [1.54, 1.807) is 11.3 Å². The molecule has 0 radical (unpaired) electrons. The lowest BCUT2D eigenvalue weighted by molar-refractivity contribution is 0.307. The number of rotatable bonds is 4. The number of thiophene rings is 1. The van der Waals surface area contributed by atoms with Crippen molar-refractivity contribution >= 4 is 11.3 Å². The first-order valence-corrected chi connectivity index (χ1v) is 5.86. The fourth-order valence-corrected chi connectivity index (χ4v) is 2.14. The Balaban J connectivity index is 1.99. The maximum atomic E-state index is 12.9. The molecular formula is C12H11F2NOS. The Morgan fingerprint density at radius 3 is 2.47 bits per heavy atom. The average Bonchev–Trinajstić information content (AvgIpc) is 2.79. The minimum absolute atomic E-state index is 0.312. The van der Waals surface area contributed by atoms with Crippen molar-refractivity contribution in [2.75, 3.05) is 0 Å². The summed E-state index contributed by atoms with van der Waals surface area (Å²) >= 11 is 1.54. The largest absolute Gasteiger partial charge is 0.488 e. The van der Waals surface area contributed by atoms with E-state index in [-0.39, 0.29) is 0 Å². The Morgan fingerprint density at radius 1 is 1.06 bits per heavy atom. The van der Waals surface area contributed by atoms with Gasteiger partial charge in [0.25, 0.3) is 0 Å². The molecule has 2 rings (SSSR count). The monoisotopic (exact) mass is 255 g/mol. The molecule has 1 aromatic heterocycles. The Morgan fingerprint density at radius 2 is 1.82 bits per heavy atom. The molecule has 0 unspecified atom stereocenters. The molecule has 2 aromatic rings. The van der Waals surface area contributed by atoms with Gasteiger partial charge in [0.15, 0.2) is 11.6 Å². The predicted octanol–water partition coefficient (Wildman–Crippen LogP) is 3.06. The highest BCUT2D eigenvalue weighted by atomic mass is 32.1. The Labute approximate surface area is 102 Å². The van der Waals surface area contributed by atoms with Gasteiger partial charge < -0.3 is 10.5 Å². The second-order valence-corrected chi connectivity index (χ2v) is 4.69. The molecule has 0 saturated carbocycles. The molecule has 0 bridgehead atoms. The molecule has 0 aliphatic rings. The van der Waals surface area contributed by atoms with Crippen LogP contribution < -0.4 is 10.5 Å². The van der Waals surface area contributed by atoms with Crippen LogP contribution in [0.1, 0.15) is 9.75 Å². The molecule has 5 heteroatoms. The smallest absolute Gasteiger partial charge is 0.162 e. The first-order chi connectivity index (χ1) is 8.19. The number of halogens is 2. The van der Waals surface area contributed by atoms with E-state index in [1.165, 1.54) is 6.07 Å². The molecule has 0 saturated heterocycles. The van der Waals surface area contributed by atoms with Crippen LogP contribution in [-0.4, -0.2) is 0 Å². The number of hydrogen-bond donors (Lipinski definition) is 1. The third-order valence-corrected chi connectivity index (χ3v) is 3.27. The number of hydrogen-bond acceptors (Lipinski definition) is 3. The maximum absolute atomic E-state index is 12.9. The highest BCUT2D eigenvalue weighted by Gasteiger charge is 2.04. The summed E-state index contributed by atoms with van der Waals surface area (Å²) in [6.45, 7) is 0.825. The standard InChI is InChI=1S/C12H11F2NOS/c13-11-4-1-8(5-12(11)14)16-7-10-3-2-9(6-15)17-10/h1-5H,6-7,15H2. The van der Waals surface area contributed by atoms with Crippen LogP contribution in [0.25, 0.3) is 0 Å². The Kier molecular flexibility index (Phi) is 3.71. The summed E-state index contributed by atoms with van der Waals surface area (Å²) in [6, 6.07) is 7.31. The molecule has 0 aliphatic carbocycles. The zero-order valence-corrected chi connectivity index (χ0v) is 9.77. The molecule has 1 aromatic carbocycles. The number of ether oxygens (including phenoxy) is 1. The molecule has 2 N–H and O–H groups in total. The SMILES string of the molecule is NCc1ccc(COc2ccc(F)c(F)c2)s1. The first-order valence-electron chi connectivity index (χ1n) is 5.04. The van der Waals surface area contributed by atoms with Gasteiger partial charge in [-0.05, 0) is 24.3 Å². The van der Waals surface area contributed by atoms with E-state index in [0.717, 1.165) is 21.9 Å². The summed E-state index contributed by atoms with van der Waals surface area (Å²) in [5.74, 6) is -1.47.